The average molecular weight is 476 g/mol. The Morgan fingerprint density at radius 2 is 1.71 bits per heavy atom. The molecule has 4 rings (SSSR count). The number of amides is 1. The van der Waals surface area contributed by atoms with Crippen LogP contribution in [-0.4, -0.2) is 64.3 Å². The van der Waals surface area contributed by atoms with Crippen molar-refractivity contribution in [2.45, 2.75) is 0 Å². The minimum atomic E-state index is -0.114. The van der Waals surface area contributed by atoms with E-state index in [-0.39, 0.29) is 5.91 Å². The summed E-state index contributed by atoms with van der Waals surface area (Å²) in [5.74, 6) is 2.06. The largest absolute Gasteiger partial charge is 0.493 e. The van der Waals surface area contributed by atoms with Crippen molar-refractivity contribution in [1.82, 2.24) is 15.2 Å². The number of aromatic nitrogens is 1. The van der Waals surface area contributed by atoms with E-state index in [1.807, 2.05) is 61.5 Å². The number of hydrogen-bond acceptors (Lipinski definition) is 7. The van der Waals surface area contributed by atoms with Gasteiger partial charge in [-0.3, -0.25) is 9.78 Å². The first-order chi connectivity index (χ1) is 16.9. The van der Waals surface area contributed by atoms with Gasteiger partial charge in [-0.25, -0.2) is 0 Å². The van der Waals surface area contributed by atoms with Gasteiger partial charge in [-0.2, -0.15) is 0 Å². The number of benzene rings is 2. The van der Waals surface area contributed by atoms with Crippen molar-refractivity contribution in [3.8, 4) is 39.7 Å². The quantitative estimate of drug-likeness (QED) is 0.382. The number of pyridine rings is 1. The van der Waals surface area contributed by atoms with Gasteiger partial charge in [0.1, 0.15) is 11.3 Å². The Bertz CT molecular complexity index is 1320. The van der Waals surface area contributed by atoms with E-state index >= 15 is 0 Å². The summed E-state index contributed by atoms with van der Waals surface area (Å²) in [6.45, 7) is 1.35. The highest BCUT2D eigenvalue weighted by Gasteiger charge is 2.18. The average Bonchev–Trinajstić information content (AvgIpc) is 3.32. The third-order valence-corrected chi connectivity index (χ3v) is 5.64. The second-order valence-electron chi connectivity index (χ2n) is 8.24. The van der Waals surface area contributed by atoms with Crippen molar-refractivity contribution in [2.24, 2.45) is 0 Å². The van der Waals surface area contributed by atoms with Crippen molar-refractivity contribution in [2.75, 3.05) is 48.5 Å². The molecule has 0 radical (unpaired) electrons. The van der Waals surface area contributed by atoms with Gasteiger partial charge in [0.2, 0.25) is 5.75 Å². The lowest BCUT2D eigenvalue weighted by atomic mass is 10.0. The van der Waals surface area contributed by atoms with Gasteiger partial charge in [-0.05, 0) is 50.0 Å². The summed E-state index contributed by atoms with van der Waals surface area (Å²) in [5.41, 5.74) is 4.38. The number of nitrogens with one attached hydrogen (secondary N) is 1. The maximum atomic E-state index is 12.6. The lowest BCUT2D eigenvalue weighted by molar-refractivity contribution is 0.0951. The highest BCUT2D eigenvalue weighted by atomic mass is 16.5. The highest BCUT2D eigenvalue weighted by molar-refractivity contribution is 5.98. The van der Waals surface area contributed by atoms with Gasteiger partial charge < -0.3 is 28.8 Å². The molecule has 2 aromatic carbocycles. The smallest absolute Gasteiger partial charge is 0.251 e. The first kappa shape index (κ1) is 24.1. The van der Waals surface area contributed by atoms with Gasteiger partial charge >= 0.3 is 0 Å². The van der Waals surface area contributed by atoms with E-state index in [9.17, 15) is 4.79 Å². The molecule has 182 valence electrons. The van der Waals surface area contributed by atoms with Gasteiger partial charge in [-0.15, -0.1) is 0 Å². The summed E-state index contributed by atoms with van der Waals surface area (Å²) in [5, 5.41) is 2.95. The molecule has 0 aliphatic heterocycles. The summed E-state index contributed by atoms with van der Waals surface area (Å²) in [7, 11) is 8.65. The number of methoxy groups -OCH3 is 3. The Hall–Kier alpha value is -4.04. The van der Waals surface area contributed by atoms with E-state index in [2.05, 4.69) is 10.3 Å². The Balaban J connectivity index is 1.71. The SMILES string of the molecule is COc1cc(-c2cc3nccc(-c4cccc(C(=O)NCCN(C)C)c4)c3o2)cc(OC)c1OC. The molecule has 2 heterocycles. The molecule has 0 unspecified atom stereocenters. The summed E-state index contributed by atoms with van der Waals surface area (Å²) in [4.78, 5) is 19.1. The molecule has 1 amide bonds. The van der Waals surface area contributed by atoms with Crippen molar-refractivity contribution in [3.05, 3.63) is 60.3 Å². The highest BCUT2D eigenvalue weighted by Crippen LogP contribution is 2.42. The van der Waals surface area contributed by atoms with Gasteiger partial charge in [0.25, 0.3) is 5.91 Å². The van der Waals surface area contributed by atoms with Crippen molar-refractivity contribution < 1.29 is 23.4 Å². The molecule has 0 aliphatic rings. The van der Waals surface area contributed by atoms with E-state index in [0.29, 0.717) is 46.2 Å². The number of rotatable bonds is 9. The third kappa shape index (κ3) is 5.07. The zero-order valence-electron chi connectivity index (χ0n) is 20.5. The molecular formula is C27H29N3O5. The van der Waals surface area contributed by atoms with Crippen LogP contribution >= 0.6 is 0 Å². The zero-order chi connectivity index (χ0) is 24.9. The second kappa shape index (κ2) is 10.5. The van der Waals surface area contributed by atoms with Crippen LogP contribution < -0.4 is 19.5 Å². The Labute approximate surface area is 204 Å². The molecule has 0 aliphatic carbocycles. The molecule has 2 aromatic heterocycles. The fourth-order valence-electron chi connectivity index (χ4n) is 3.85. The zero-order valence-corrected chi connectivity index (χ0v) is 20.5. The number of hydrogen-bond donors (Lipinski definition) is 1. The van der Waals surface area contributed by atoms with Crippen LogP contribution in [0.3, 0.4) is 0 Å². The van der Waals surface area contributed by atoms with Crippen LogP contribution in [-0.2, 0) is 0 Å². The van der Waals surface area contributed by atoms with E-state index in [4.69, 9.17) is 18.6 Å². The van der Waals surface area contributed by atoms with Crippen LogP contribution in [0.2, 0.25) is 0 Å². The van der Waals surface area contributed by atoms with Crippen LogP contribution in [0.15, 0.2) is 59.1 Å². The van der Waals surface area contributed by atoms with Gasteiger partial charge in [-0.1, -0.05) is 12.1 Å². The molecule has 0 saturated heterocycles. The molecule has 4 aromatic rings. The maximum Gasteiger partial charge on any atom is 0.251 e. The van der Waals surface area contributed by atoms with E-state index in [0.717, 1.165) is 23.2 Å². The number of carbonyl (C=O) groups excluding carboxylic acids is 1. The van der Waals surface area contributed by atoms with Crippen LogP contribution in [0, 0.1) is 0 Å². The third-order valence-electron chi connectivity index (χ3n) is 5.64. The van der Waals surface area contributed by atoms with E-state index in [1.165, 1.54) is 0 Å². The lowest BCUT2D eigenvalue weighted by Crippen LogP contribution is -2.31. The Morgan fingerprint density at radius 3 is 2.37 bits per heavy atom. The molecular weight excluding hydrogens is 446 g/mol. The molecule has 0 bridgehead atoms. The Kier molecular flexibility index (Phi) is 7.22. The first-order valence-electron chi connectivity index (χ1n) is 11.2. The number of carbonyl (C=O) groups is 1. The molecule has 8 heteroatoms. The monoisotopic (exact) mass is 475 g/mol. The van der Waals surface area contributed by atoms with Crippen LogP contribution in [0.1, 0.15) is 10.4 Å². The van der Waals surface area contributed by atoms with Gasteiger partial charge in [0, 0.05) is 42.0 Å². The fraction of sp³-hybridized carbons (Fsp3) is 0.259. The molecule has 1 N–H and O–H groups in total. The molecule has 0 spiro atoms. The lowest BCUT2D eigenvalue weighted by Gasteiger charge is -2.13. The minimum Gasteiger partial charge on any atom is -0.493 e. The minimum absolute atomic E-state index is 0.114. The molecule has 0 saturated carbocycles. The molecule has 0 atom stereocenters. The van der Waals surface area contributed by atoms with Crippen molar-refractivity contribution in [1.29, 1.82) is 0 Å². The van der Waals surface area contributed by atoms with Crippen molar-refractivity contribution >= 4 is 17.0 Å². The van der Waals surface area contributed by atoms with E-state index < -0.39 is 0 Å². The Morgan fingerprint density at radius 1 is 0.971 bits per heavy atom. The maximum absolute atomic E-state index is 12.6. The summed E-state index contributed by atoms with van der Waals surface area (Å²) in [6.07, 6.45) is 1.73. The van der Waals surface area contributed by atoms with Crippen LogP contribution in [0.4, 0.5) is 0 Å². The predicted molar refractivity (Wildman–Crippen MR) is 135 cm³/mol. The van der Waals surface area contributed by atoms with Gasteiger partial charge in [0.05, 0.1) is 21.3 Å². The first-order valence-corrected chi connectivity index (χ1v) is 11.2. The normalized spacial score (nSPS) is 11.0. The standard InChI is InChI=1S/C27H29N3O5/c1-30(2)12-11-29-27(31)18-8-6-7-17(13-18)20-9-10-28-21-16-22(35-25(20)21)19-14-23(32-3)26(34-5)24(15-19)33-4/h6-10,13-16H,11-12H2,1-5H3,(H,29,31). The topological polar surface area (TPSA) is 86.1 Å². The van der Waals surface area contributed by atoms with E-state index in [1.54, 1.807) is 33.6 Å². The number of fused-ring (bicyclic) bond motifs is 1. The predicted octanol–water partition coefficient (Wildman–Crippen LogP) is 4.48. The second-order valence-corrected chi connectivity index (χ2v) is 8.24. The number of likely N-dealkylation sites (N-methyl/N-ethyl adjacent to an activating group) is 1. The van der Waals surface area contributed by atoms with Crippen LogP contribution in [0.5, 0.6) is 17.2 Å². The molecule has 8 nitrogen and oxygen atoms in total. The summed E-state index contributed by atoms with van der Waals surface area (Å²) < 4.78 is 22.7. The summed E-state index contributed by atoms with van der Waals surface area (Å²) in [6, 6.07) is 14.9. The number of nitrogens with zero attached hydrogens (tertiary/aromatic N) is 2. The van der Waals surface area contributed by atoms with Crippen LogP contribution in [0.25, 0.3) is 33.6 Å². The number of furan rings is 1. The molecule has 35 heavy (non-hydrogen) atoms. The number of ether oxygens (including phenoxy) is 3. The fourth-order valence-corrected chi connectivity index (χ4v) is 3.85. The summed E-state index contributed by atoms with van der Waals surface area (Å²) >= 11 is 0. The van der Waals surface area contributed by atoms with Gasteiger partial charge in [0.15, 0.2) is 17.1 Å². The van der Waals surface area contributed by atoms with Crippen molar-refractivity contribution in [3.63, 3.8) is 0 Å². The molecule has 0 fully saturated rings.